The zero-order chi connectivity index (χ0) is 8.49. The molecule has 0 unspecified atom stereocenters. The van der Waals surface area contributed by atoms with Gasteiger partial charge in [-0.1, -0.05) is 18.2 Å². The SMILES string of the molecule is [C]1=CCCCCC=CCCCC1. The first-order chi connectivity index (χ1) is 6.00. The zero-order valence-electron chi connectivity index (χ0n) is 7.89. The molecule has 0 aromatic heterocycles. The highest BCUT2D eigenvalue weighted by Crippen LogP contribution is 2.07. The van der Waals surface area contributed by atoms with Gasteiger partial charge in [0.1, 0.15) is 0 Å². The Kier molecular flexibility index (Phi) is 5.70. The van der Waals surface area contributed by atoms with Crippen molar-refractivity contribution in [1.82, 2.24) is 0 Å². The predicted molar refractivity (Wildman–Crippen MR) is 53.9 cm³/mol. The molecule has 0 aromatic rings. The highest BCUT2D eigenvalue weighted by atomic mass is 13.9. The average molecular weight is 163 g/mol. The van der Waals surface area contributed by atoms with Gasteiger partial charge in [-0.3, -0.25) is 0 Å². The third-order valence-corrected chi connectivity index (χ3v) is 2.22. The van der Waals surface area contributed by atoms with Gasteiger partial charge >= 0.3 is 0 Å². The second kappa shape index (κ2) is 7.15. The monoisotopic (exact) mass is 163 g/mol. The van der Waals surface area contributed by atoms with Crippen molar-refractivity contribution in [2.24, 2.45) is 0 Å². The van der Waals surface area contributed by atoms with Crippen molar-refractivity contribution in [3.05, 3.63) is 24.3 Å². The molecular formula is C12H19. The second-order valence-electron chi connectivity index (χ2n) is 3.41. The van der Waals surface area contributed by atoms with Crippen LogP contribution in [-0.4, -0.2) is 0 Å². The first-order valence-electron chi connectivity index (χ1n) is 5.20. The van der Waals surface area contributed by atoms with Crippen LogP contribution in [0.1, 0.15) is 51.4 Å². The van der Waals surface area contributed by atoms with Gasteiger partial charge in [0.2, 0.25) is 0 Å². The van der Waals surface area contributed by atoms with Crippen LogP contribution in [0.25, 0.3) is 0 Å². The highest BCUT2D eigenvalue weighted by molar-refractivity contribution is 4.83. The number of hydrogen-bond donors (Lipinski definition) is 0. The molecule has 0 aliphatic heterocycles. The maximum absolute atomic E-state index is 3.35. The Morgan fingerprint density at radius 3 is 2.25 bits per heavy atom. The summed E-state index contributed by atoms with van der Waals surface area (Å²) in [6.07, 6.45) is 20.5. The molecule has 1 radical (unpaired) electrons. The molecule has 0 saturated heterocycles. The predicted octanol–water partition coefficient (Wildman–Crippen LogP) is 4.04. The van der Waals surface area contributed by atoms with Crippen LogP contribution in [0.15, 0.2) is 18.2 Å². The Balaban J connectivity index is 2.18. The third-order valence-electron chi connectivity index (χ3n) is 2.22. The third kappa shape index (κ3) is 5.17. The summed E-state index contributed by atoms with van der Waals surface area (Å²) < 4.78 is 0. The van der Waals surface area contributed by atoms with Gasteiger partial charge < -0.3 is 0 Å². The van der Waals surface area contributed by atoms with Crippen molar-refractivity contribution in [2.45, 2.75) is 51.4 Å². The van der Waals surface area contributed by atoms with Gasteiger partial charge in [0, 0.05) is 0 Å². The van der Waals surface area contributed by atoms with Crippen LogP contribution >= 0.6 is 0 Å². The summed E-state index contributed by atoms with van der Waals surface area (Å²) in [6, 6.07) is 0. The van der Waals surface area contributed by atoms with Crippen LogP contribution in [0.2, 0.25) is 0 Å². The second-order valence-corrected chi connectivity index (χ2v) is 3.41. The van der Waals surface area contributed by atoms with Crippen LogP contribution in [-0.2, 0) is 0 Å². The van der Waals surface area contributed by atoms with Crippen LogP contribution in [0.5, 0.6) is 0 Å². The largest absolute Gasteiger partial charge is 0.0885 e. The molecule has 0 aromatic carbocycles. The zero-order valence-corrected chi connectivity index (χ0v) is 7.89. The quantitative estimate of drug-likeness (QED) is 0.473. The van der Waals surface area contributed by atoms with Crippen LogP contribution < -0.4 is 0 Å². The summed E-state index contributed by atoms with van der Waals surface area (Å²) in [6.45, 7) is 0. The van der Waals surface area contributed by atoms with E-state index < -0.39 is 0 Å². The number of hydrogen-bond acceptors (Lipinski definition) is 0. The summed E-state index contributed by atoms with van der Waals surface area (Å²) in [5.74, 6) is 0. The Bertz CT molecular complexity index is 108. The lowest BCUT2D eigenvalue weighted by Gasteiger charge is -1.97. The van der Waals surface area contributed by atoms with Crippen molar-refractivity contribution in [3.63, 3.8) is 0 Å². The minimum atomic E-state index is 1.16. The van der Waals surface area contributed by atoms with E-state index in [1.165, 1.54) is 44.9 Å². The molecule has 0 heteroatoms. The first kappa shape index (κ1) is 9.57. The van der Waals surface area contributed by atoms with Crippen LogP contribution in [0.3, 0.4) is 0 Å². The highest BCUT2D eigenvalue weighted by Gasteiger charge is 1.88. The first-order valence-corrected chi connectivity index (χ1v) is 5.20. The van der Waals surface area contributed by atoms with E-state index in [-0.39, 0.29) is 0 Å². The van der Waals surface area contributed by atoms with E-state index in [1.54, 1.807) is 0 Å². The molecule has 0 saturated carbocycles. The van der Waals surface area contributed by atoms with Crippen molar-refractivity contribution in [3.8, 4) is 0 Å². The fraction of sp³-hybridized carbons (Fsp3) is 0.667. The van der Waals surface area contributed by atoms with E-state index in [0.29, 0.717) is 0 Å². The Morgan fingerprint density at radius 2 is 1.42 bits per heavy atom. The van der Waals surface area contributed by atoms with Gasteiger partial charge in [0.25, 0.3) is 0 Å². The van der Waals surface area contributed by atoms with Gasteiger partial charge in [-0.15, -0.1) is 0 Å². The van der Waals surface area contributed by atoms with Crippen molar-refractivity contribution >= 4 is 0 Å². The molecule has 0 N–H and O–H groups in total. The fourth-order valence-electron chi connectivity index (χ4n) is 1.44. The molecule has 0 nitrogen and oxygen atoms in total. The number of rotatable bonds is 0. The smallest absolute Gasteiger partial charge is 0.0279 e. The lowest BCUT2D eigenvalue weighted by Crippen LogP contribution is -1.77. The maximum Gasteiger partial charge on any atom is -0.0279 e. The van der Waals surface area contributed by atoms with Crippen molar-refractivity contribution in [2.75, 3.05) is 0 Å². The van der Waals surface area contributed by atoms with Gasteiger partial charge in [-0.25, -0.2) is 0 Å². The molecule has 0 heterocycles. The molecule has 0 fully saturated rings. The Morgan fingerprint density at radius 1 is 0.750 bits per heavy atom. The van der Waals surface area contributed by atoms with Crippen LogP contribution in [0, 0.1) is 6.08 Å². The molecule has 1 rings (SSSR count). The molecule has 67 valence electrons. The van der Waals surface area contributed by atoms with E-state index in [1.807, 2.05) is 0 Å². The molecule has 1 aliphatic carbocycles. The van der Waals surface area contributed by atoms with Crippen molar-refractivity contribution < 1.29 is 0 Å². The summed E-state index contributed by atoms with van der Waals surface area (Å²) >= 11 is 0. The molecular weight excluding hydrogens is 144 g/mol. The fourth-order valence-corrected chi connectivity index (χ4v) is 1.44. The summed E-state index contributed by atoms with van der Waals surface area (Å²) in [5, 5.41) is 0. The van der Waals surface area contributed by atoms with Gasteiger partial charge in [0.05, 0.1) is 0 Å². The van der Waals surface area contributed by atoms with Gasteiger partial charge in [0.15, 0.2) is 0 Å². The Labute approximate surface area is 76.4 Å². The summed E-state index contributed by atoms with van der Waals surface area (Å²) in [4.78, 5) is 0. The lowest BCUT2D eigenvalue weighted by molar-refractivity contribution is 0.724. The molecule has 1 aliphatic rings. The normalized spacial score (nSPS) is 21.3. The summed E-state index contributed by atoms with van der Waals surface area (Å²) in [7, 11) is 0. The van der Waals surface area contributed by atoms with Gasteiger partial charge in [-0.2, -0.15) is 0 Å². The minimum Gasteiger partial charge on any atom is -0.0885 e. The van der Waals surface area contributed by atoms with E-state index in [9.17, 15) is 0 Å². The van der Waals surface area contributed by atoms with E-state index in [4.69, 9.17) is 0 Å². The molecule has 0 bridgehead atoms. The average Bonchev–Trinajstić information content (AvgIpc) is 2.05. The Hall–Kier alpha value is -0.520. The molecule has 0 atom stereocenters. The molecule has 12 heavy (non-hydrogen) atoms. The number of allylic oxidation sites excluding steroid dienone is 4. The van der Waals surface area contributed by atoms with Crippen molar-refractivity contribution in [1.29, 1.82) is 0 Å². The van der Waals surface area contributed by atoms with E-state index in [0.717, 1.165) is 6.42 Å². The minimum absolute atomic E-state index is 1.16. The maximum atomic E-state index is 3.35. The topological polar surface area (TPSA) is 0 Å². The standard InChI is InChI=1S/C12H19/c1-2-4-6-8-10-12-11-9-7-5-3-1/h1-2,11H,3-10H2. The van der Waals surface area contributed by atoms with E-state index in [2.05, 4.69) is 24.3 Å². The van der Waals surface area contributed by atoms with Crippen LogP contribution in [0.4, 0.5) is 0 Å². The molecule has 0 amide bonds. The van der Waals surface area contributed by atoms with E-state index >= 15 is 0 Å². The summed E-state index contributed by atoms with van der Waals surface area (Å²) in [5.41, 5.74) is 0. The lowest BCUT2D eigenvalue weighted by atomic mass is 10.1. The molecule has 0 spiro atoms. The van der Waals surface area contributed by atoms with Gasteiger partial charge in [-0.05, 0) is 57.4 Å².